The van der Waals surface area contributed by atoms with Crippen LogP contribution < -0.4 is 4.90 Å². The minimum atomic E-state index is -1.82. The number of benzene rings is 3. The summed E-state index contributed by atoms with van der Waals surface area (Å²) >= 11 is 6.36. The van der Waals surface area contributed by atoms with Crippen molar-refractivity contribution >= 4 is 40.8 Å². The smallest absolute Gasteiger partial charge is 0.414 e. The number of carbonyl (C=O) groups excluding carboxylic acids is 1. The number of hydrogen-bond donors (Lipinski definition) is 2. The summed E-state index contributed by atoms with van der Waals surface area (Å²) in [6.45, 7) is 3.73. The molecule has 0 aliphatic carbocycles. The fraction of sp³-hybridized carbons (Fsp3) is 0.250. The van der Waals surface area contributed by atoms with Gasteiger partial charge in [0.05, 0.1) is 17.4 Å². The molecule has 2 heterocycles. The van der Waals surface area contributed by atoms with Crippen molar-refractivity contribution in [1.82, 2.24) is 4.90 Å². The van der Waals surface area contributed by atoms with Gasteiger partial charge in [-0.1, -0.05) is 60.1 Å². The van der Waals surface area contributed by atoms with Crippen molar-refractivity contribution in [3.8, 4) is 0 Å². The second kappa shape index (κ2) is 10.9. The highest BCUT2D eigenvalue weighted by Gasteiger charge is 2.33. The monoisotopic (exact) mass is 506 g/mol. The fourth-order valence-corrected chi connectivity index (χ4v) is 4.89. The molecule has 2 aliphatic heterocycles. The molecule has 0 saturated carbocycles. The van der Waals surface area contributed by atoms with Crippen LogP contribution >= 0.6 is 11.6 Å². The Balaban J connectivity index is 0.000000455. The zero-order valence-electron chi connectivity index (χ0n) is 19.9. The number of aliphatic carboxylic acids is 2. The molecule has 0 saturated heterocycles. The summed E-state index contributed by atoms with van der Waals surface area (Å²) < 4.78 is 0. The molecule has 186 valence electrons. The highest BCUT2D eigenvalue weighted by Crippen LogP contribution is 2.38. The molecule has 8 heteroatoms. The van der Waals surface area contributed by atoms with E-state index in [0.717, 1.165) is 43.7 Å². The first-order valence-corrected chi connectivity index (χ1v) is 12.1. The molecular formula is C28H27ClN2O5. The Kier molecular flexibility index (Phi) is 7.72. The number of carboxylic acids is 2. The van der Waals surface area contributed by atoms with Crippen molar-refractivity contribution in [2.75, 3.05) is 11.4 Å². The van der Waals surface area contributed by atoms with Crippen LogP contribution in [0.15, 0.2) is 66.7 Å². The number of halogens is 1. The first-order valence-electron chi connectivity index (χ1n) is 11.7. The van der Waals surface area contributed by atoms with E-state index in [1.807, 2.05) is 30.0 Å². The first kappa shape index (κ1) is 25.4. The van der Waals surface area contributed by atoms with Gasteiger partial charge in [0.25, 0.3) is 0 Å². The SMILES string of the molecule is CC(C(=O)N1c2ccccc2CCc2ccc(Cl)cc21)N1CCc2ccccc2C1.O=C(O)C(=O)O. The van der Waals surface area contributed by atoms with Crippen molar-refractivity contribution in [2.45, 2.75) is 38.8 Å². The Hall–Kier alpha value is -3.68. The lowest BCUT2D eigenvalue weighted by Crippen LogP contribution is -2.47. The molecule has 2 N–H and O–H groups in total. The van der Waals surface area contributed by atoms with Crippen molar-refractivity contribution in [1.29, 1.82) is 0 Å². The molecule has 0 spiro atoms. The van der Waals surface area contributed by atoms with E-state index in [1.54, 1.807) is 0 Å². The quantitative estimate of drug-likeness (QED) is 0.489. The van der Waals surface area contributed by atoms with Crippen LogP contribution in [0.25, 0.3) is 0 Å². The molecule has 5 rings (SSSR count). The van der Waals surface area contributed by atoms with Crippen LogP contribution in [-0.4, -0.2) is 45.5 Å². The van der Waals surface area contributed by atoms with Gasteiger partial charge in [-0.15, -0.1) is 0 Å². The molecular weight excluding hydrogens is 480 g/mol. The minimum Gasteiger partial charge on any atom is -0.473 e. The third-order valence-electron chi connectivity index (χ3n) is 6.65. The Bertz CT molecular complexity index is 1300. The molecule has 1 atom stereocenters. The molecule has 0 aromatic heterocycles. The van der Waals surface area contributed by atoms with Gasteiger partial charge in [0.2, 0.25) is 5.91 Å². The maximum atomic E-state index is 13.9. The number of aryl methyl sites for hydroxylation is 2. The summed E-state index contributed by atoms with van der Waals surface area (Å²) in [5, 5.41) is 15.4. The third kappa shape index (κ3) is 5.42. The predicted octanol–water partition coefficient (Wildman–Crippen LogP) is 4.71. The van der Waals surface area contributed by atoms with Crippen molar-refractivity contribution in [3.05, 3.63) is 94.0 Å². The van der Waals surface area contributed by atoms with Gasteiger partial charge in [0.15, 0.2) is 0 Å². The molecule has 1 unspecified atom stereocenters. The second-order valence-corrected chi connectivity index (χ2v) is 9.29. The Morgan fingerprint density at radius 3 is 2.03 bits per heavy atom. The molecule has 1 amide bonds. The summed E-state index contributed by atoms with van der Waals surface area (Å²) in [4.78, 5) is 36.3. The van der Waals surface area contributed by atoms with E-state index in [0.29, 0.717) is 5.02 Å². The van der Waals surface area contributed by atoms with Crippen molar-refractivity contribution in [3.63, 3.8) is 0 Å². The maximum Gasteiger partial charge on any atom is 0.414 e. The normalized spacial score (nSPS) is 15.2. The van der Waals surface area contributed by atoms with Gasteiger partial charge < -0.3 is 10.2 Å². The second-order valence-electron chi connectivity index (χ2n) is 8.85. The van der Waals surface area contributed by atoms with E-state index in [4.69, 9.17) is 31.4 Å². The molecule has 2 aliphatic rings. The van der Waals surface area contributed by atoms with Gasteiger partial charge in [-0.25, -0.2) is 9.59 Å². The van der Waals surface area contributed by atoms with E-state index in [-0.39, 0.29) is 11.9 Å². The summed E-state index contributed by atoms with van der Waals surface area (Å²) in [5.41, 5.74) is 6.98. The lowest BCUT2D eigenvalue weighted by Gasteiger charge is -2.36. The van der Waals surface area contributed by atoms with Crippen LogP contribution in [0.4, 0.5) is 11.4 Å². The average molecular weight is 507 g/mol. The summed E-state index contributed by atoms with van der Waals surface area (Å²) in [7, 11) is 0. The van der Waals surface area contributed by atoms with Crippen LogP contribution in [0.3, 0.4) is 0 Å². The summed E-state index contributed by atoms with van der Waals surface area (Å²) in [6, 6.07) is 22.5. The molecule has 7 nitrogen and oxygen atoms in total. The standard InChI is InChI=1S/C26H25ClN2O.C2H2O4/c1-18(28-15-14-19-6-2-3-8-22(19)17-28)26(30)29-24-9-5-4-7-20(24)10-11-21-12-13-23(27)16-25(21)29;3-1(4)2(5)6/h2-9,12-13,16,18H,10-11,14-15,17H2,1H3;(H,3,4)(H,5,6). The zero-order valence-corrected chi connectivity index (χ0v) is 20.6. The van der Waals surface area contributed by atoms with Crippen molar-refractivity contribution < 1.29 is 24.6 Å². The van der Waals surface area contributed by atoms with Gasteiger partial charge in [0, 0.05) is 18.1 Å². The molecule has 0 bridgehead atoms. The van der Waals surface area contributed by atoms with Crippen LogP contribution in [0, 0.1) is 0 Å². The van der Waals surface area contributed by atoms with E-state index in [2.05, 4.69) is 53.4 Å². The average Bonchev–Trinajstić information content (AvgIpc) is 3.04. The molecule has 0 radical (unpaired) electrons. The van der Waals surface area contributed by atoms with Crippen LogP contribution in [0.2, 0.25) is 5.02 Å². The predicted molar refractivity (Wildman–Crippen MR) is 138 cm³/mol. The Morgan fingerprint density at radius 2 is 1.36 bits per heavy atom. The lowest BCUT2D eigenvalue weighted by atomic mass is 9.98. The van der Waals surface area contributed by atoms with Gasteiger partial charge in [-0.2, -0.15) is 0 Å². The highest BCUT2D eigenvalue weighted by atomic mass is 35.5. The highest BCUT2D eigenvalue weighted by molar-refractivity contribution is 6.31. The number of rotatable bonds is 2. The van der Waals surface area contributed by atoms with Gasteiger partial charge in [0.1, 0.15) is 0 Å². The van der Waals surface area contributed by atoms with Gasteiger partial charge in [-0.3, -0.25) is 14.6 Å². The lowest BCUT2D eigenvalue weighted by molar-refractivity contribution is -0.159. The summed E-state index contributed by atoms with van der Waals surface area (Å²) in [6.07, 6.45) is 2.80. The molecule has 0 fully saturated rings. The Morgan fingerprint density at radius 1 is 0.778 bits per heavy atom. The zero-order chi connectivity index (χ0) is 25.8. The molecule has 3 aromatic carbocycles. The third-order valence-corrected chi connectivity index (χ3v) is 6.89. The number of fused-ring (bicyclic) bond motifs is 3. The van der Waals surface area contributed by atoms with E-state index < -0.39 is 11.9 Å². The van der Waals surface area contributed by atoms with Crippen molar-refractivity contribution in [2.24, 2.45) is 0 Å². The number of carboxylic acid groups (broad SMARTS) is 2. The molecule has 36 heavy (non-hydrogen) atoms. The van der Waals surface area contributed by atoms with E-state index in [1.165, 1.54) is 22.3 Å². The van der Waals surface area contributed by atoms with Gasteiger partial charge >= 0.3 is 11.9 Å². The largest absolute Gasteiger partial charge is 0.473 e. The first-order chi connectivity index (χ1) is 17.3. The fourth-order valence-electron chi connectivity index (χ4n) is 4.72. The molecule has 3 aromatic rings. The maximum absolute atomic E-state index is 13.9. The van der Waals surface area contributed by atoms with E-state index >= 15 is 0 Å². The number of amides is 1. The Labute approximate surface area is 214 Å². The van der Waals surface area contributed by atoms with Crippen LogP contribution in [0.1, 0.15) is 29.2 Å². The number of para-hydroxylation sites is 1. The van der Waals surface area contributed by atoms with Crippen LogP contribution in [0.5, 0.6) is 0 Å². The summed E-state index contributed by atoms with van der Waals surface area (Å²) in [5.74, 6) is -3.54. The van der Waals surface area contributed by atoms with Crippen LogP contribution in [-0.2, 0) is 40.2 Å². The number of nitrogens with zero attached hydrogens (tertiary/aromatic N) is 2. The topological polar surface area (TPSA) is 98.2 Å². The number of hydrogen-bond acceptors (Lipinski definition) is 4. The van der Waals surface area contributed by atoms with Gasteiger partial charge in [-0.05, 0) is 66.6 Å². The van der Waals surface area contributed by atoms with E-state index in [9.17, 15) is 4.79 Å². The minimum absolute atomic E-state index is 0.104. The number of carbonyl (C=O) groups is 3. The number of anilines is 2.